The van der Waals surface area contributed by atoms with Crippen molar-refractivity contribution in [1.29, 1.82) is 0 Å². The smallest absolute Gasteiger partial charge is 0.165 e. The lowest BCUT2D eigenvalue weighted by Gasteiger charge is -2.24. The first-order chi connectivity index (χ1) is 14.8. The number of benzene rings is 1. The lowest BCUT2D eigenvalue weighted by atomic mass is 9.93. The summed E-state index contributed by atoms with van der Waals surface area (Å²) in [5.41, 5.74) is 10.3. The number of rotatable bonds is 3. The van der Waals surface area contributed by atoms with Crippen molar-refractivity contribution in [2.45, 2.75) is 25.7 Å². The van der Waals surface area contributed by atoms with Crippen LogP contribution in [0, 0.1) is 0 Å². The number of fused-ring (bicyclic) bond motifs is 2. The molecule has 2 N–H and O–H groups in total. The fourth-order valence-electron chi connectivity index (χ4n) is 4.27. The number of Topliss-reactive ketones (excluding diaryl/α,β-unsaturated/α-hetero) is 1. The van der Waals surface area contributed by atoms with Crippen LogP contribution in [0.3, 0.4) is 0 Å². The molecule has 0 radical (unpaired) electrons. The van der Waals surface area contributed by atoms with Gasteiger partial charge in [-0.05, 0) is 31.9 Å². The molecule has 1 saturated heterocycles. The highest BCUT2D eigenvalue weighted by Crippen LogP contribution is 2.35. The van der Waals surface area contributed by atoms with E-state index >= 15 is 0 Å². The van der Waals surface area contributed by atoms with Gasteiger partial charge in [0, 0.05) is 28.6 Å². The number of hydrogen-bond donors (Lipinski definition) is 1. The standard InChI is InChI=1S/C22H21N5O3S/c1-13(28)19-20(14-6-8-31(29,30)9-7-14)26-22-17(12-25-27(22)21(19)23)16-10-15-4-2-3-5-18(15)24-11-16/h2-5,10-12,14H,6-9,23H2,1H3. The summed E-state index contributed by atoms with van der Waals surface area (Å²) < 4.78 is 25.3. The van der Waals surface area contributed by atoms with Gasteiger partial charge < -0.3 is 5.73 Å². The number of anilines is 1. The van der Waals surface area contributed by atoms with E-state index in [0.29, 0.717) is 29.7 Å². The summed E-state index contributed by atoms with van der Waals surface area (Å²) in [4.78, 5) is 21.8. The predicted octanol–water partition coefficient (Wildman–Crippen LogP) is 3.02. The molecule has 9 heteroatoms. The number of sulfone groups is 1. The van der Waals surface area contributed by atoms with Crippen LogP contribution in [0.2, 0.25) is 0 Å². The minimum absolute atomic E-state index is 0.0858. The van der Waals surface area contributed by atoms with Crippen LogP contribution in [-0.4, -0.2) is 45.3 Å². The summed E-state index contributed by atoms with van der Waals surface area (Å²) in [6.45, 7) is 1.44. The van der Waals surface area contributed by atoms with Crippen molar-refractivity contribution in [3.63, 3.8) is 0 Å². The maximum Gasteiger partial charge on any atom is 0.165 e. The van der Waals surface area contributed by atoms with Crippen LogP contribution in [0.1, 0.15) is 41.7 Å². The Hall–Kier alpha value is -3.33. The van der Waals surface area contributed by atoms with E-state index < -0.39 is 9.84 Å². The maximum absolute atomic E-state index is 12.4. The van der Waals surface area contributed by atoms with Crippen LogP contribution >= 0.6 is 0 Å². The van der Waals surface area contributed by atoms with Crippen molar-refractivity contribution in [3.05, 3.63) is 54.0 Å². The quantitative estimate of drug-likeness (QED) is 0.491. The summed E-state index contributed by atoms with van der Waals surface area (Å²) in [6, 6.07) is 9.84. The Bertz CT molecular complexity index is 1450. The van der Waals surface area contributed by atoms with Crippen LogP contribution in [0.5, 0.6) is 0 Å². The first-order valence-electron chi connectivity index (χ1n) is 10.1. The molecule has 5 rings (SSSR count). The molecule has 0 saturated carbocycles. The Morgan fingerprint density at radius 1 is 1.16 bits per heavy atom. The lowest BCUT2D eigenvalue weighted by molar-refractivity contribution is 0.101. The third-order valence-corrected chi connectivity index (χ3v) is 7.62. The third-order valence-electron chi connectivity index (χ3n) is 5.91. The molecule has 1 aliphatic heterocycles. The Balaban J connectivity index is 1.70. The highest BCUT2D eigenvalue weighted by Gasteiger charge is 2.30. The zero-order chi connectivity index (χ0) is 21.8. The minimum Gasteiger partial charge on any atom is -0.383 e. The SMILES string of the molecule is CC(=O)c1c(C2CCS(=O)(=O)CC2)nc2c(-c3cnc4ccccc4c3)cnn2c1N. The minimum atomic E-state index is -3.04. The van der Waals surface area contributed by atoms with Crippen LogP contribution < -0.4 is 5.73 Å². The van der Waals surface area contributed by atoms with Crippen molar-refractivity contribution < 1.29 is 13.2 Å². The molecule has 0 bridgehead atoms. The van der Waals surface area contributed by atoms with E-state index in [4.69, 9.17) is 10.7 Å². The lowest BCUT2D eigenvalue weighted by Crippen LogP contribution is -2.25. The number of nitrogens with two attached hydrogens (primary N) is 1. The van der Waals surface area contributed by atoms with Crippen molar-refractivity contribution >= 4 is 38.0 Å². The second-order valence-electron chi connectivity index (χ2n) is 7.95. The third kappa shape index (κ3) is 3.34. The Morgan fingerprint density at radius 3 is 2.65 bits per heavy atom. The molecule has 1 aliphatic rings. The number of aromatic nitrogens is 4. The van der Waals surface area contributed by atoms with E-state index in [0.717, 1.165) is 22.0 Å². The predicted molar refractivity (Wildman–Crippen MR) is 119 cm³/mol. The van der Waals surface area contributed by atoms with E-state index in [1.165, 1.54) is 11.4 Å². The molecule has 1 aromatic carbocycles. The number of ketones is 1. The van der Waals surface area contributed by atoms with Gasteiger partial charge in [0.15, 0.2) is 11.4 Å². The molecule has 3 aromatic heterocycles. The second kappa shape index (κ2) is 7.12. The fraction of sp³-hybridized carbons (Fsp3) is 0.273. The monoisotopic (exact) mass is 435 g/mol. The van der Waals surface area contributed by atoms with Gasteiger partial charge in [0.25, 0.3) is 0 Å². The molecule has 4 heterocycles. The number of para-hydroxylation sites is 1. The van der Waals surface area contributed by atoms with E-state index in [9.17, 15) is 13.2 Å². The Kier molecular flexibility index (Phi) is 4.51. The molecule has 0 aliphatic carbocycles. The summed E-state index contributed by atoms with van der Waals surface area (Å²) in [6.07, 6.45) is 4.28. The Morgan fingerprint density at radius 2 is 1.90 bits per heavy atom. The molecule has 0 amide bonds. The van der Waals surface area contributed by atoms with E-state index in [1.807, 2.05) is 30.3 Å². The van der Waals surface area contributed by atoms with Crippen LogP contribution in [0.25, 0.3) is 27.7 Å². The fourth-order valence-corrected chi connectivity index (χ4v) is 5.77. The van der Waals surface area contributed by atoms with Crippen LogP contribution in [-0.2, 0) is 9.84 Å². The Labute approximate surface area is 179 Å². The average molecular weight is 436 g/mol. The molecular weight excluding hydrogens is 414 g/mol. The largest absolute Gasteiger partial charge is 0.383 e. The van der Waals surface area contributed by atoms with E-state index in [2.05, 4.69) is 10.1 Å². The molecule has 1 fully saturated rings. The number of carbonyl (C=O) groups excluding carboxylic acids is 1. The number of nitrogen functional groups attached to an aromatic ring is 1. The topological polar surface area (TPSA) is 120 Å². The van der Waals surface area contributed by atoms with Gasteiger partial charge in [-0.15, -0.1) is 0 Å². The number of hydrogen-bond acceptors (Lipinski definition) is 7. The van der Waals surface area contributed by atoms with Gasteiger partial charge in [0.05, 0.1) is 34.5 Å². The van der Waals surface area contributed by atoms with Crippen LogP contribution in [0.15, 0.2) is 42.7 Å². The highest BCUT2D eigenvalue weighted by atomic mass is 32.2. The van der Waals surface area contributed by atoms with Crippen molar-refractivity contribution in [1.82, 2.24) is 19.6 Å². The van der Waals surface area contributed by atoms with Gasteiger partial charge >= 0.3 is 0 Å². The van der Waals surface area contributed by atoms with Gasteiger partial charge in [-0.1, -0.05) is 18.2 Å². The van der Waals surface area contributed by atoms with Gasteiger partial charge in [0.1, 0.15) is 15.7 Å². The summed E-state index contributed by atoms with van der Waals surface area (Å²) >= 11 is 0. The van der Waals surface area contributed by atoms with Gasteiger partial charge in [-0.2, -0.15) is 9.61 Å². The molecule has 0 spiro atoms. The van der Waals surface area contributed by atoms with Gasteiger partial charge in [-0.3, -0.25) is 9.78 Å². The van der Waals surface area contributed by atoms with E-state index in [1.54, 1.807) is 12.4 Å². The zero-order valence-electron chi connectivity index (χ0n) is 16.9. The molecule has 0 atom stereocenters. The van der Waals surface area contributed by atoms with Crippen molar-refractivity contribution in [2.24, 2.45) is 0 Å². The number of carbonyl (C=O) groups is 1. The molecular formula is C22H21N5O3S. The molecule has 8 nitrogen and oxygen atoms in total. The summed E-state index contributed by atoms with van der Waals surface area (Å²) in [5, 5.41) is 5.37. The summed E-state index contributed by atoms with van der Waals surface area (Å²) in [5.74, 6) is 0.0400. The highest BCUT2D eigenvalue weighted by molar-refractivity contribution is 7.91. The average Bonchev–Trinajstić information content (AvgIpc) is 3.17. The van der Waals surface area contributed by atoms with Gasteiger partial charge in [0.2, 0.25) is 0 Å². The summed E-state index contributed by atoms with van der Waals surface area (Å²) in [7, 11) is -3.04. The van der Waals surface area contributed by atoms with Crippen molar-refractivity contribution in [3.8, 4) is 11.1 Å². The first-order valence-corrected chi connectivity index (χ1v) is 11.9. The number of pyridine rings is 1. The second-order valence-corrected chi connectivity index (χ2v) is 10.3. The molecule has 158 valence electrons. The number of nitrogens with zero attached hydrogens (tertiary/aromatic N) is 4. The molecule has 4 aromatic rings. The van der Waals surface area contributed by atoms with Crippen LogP contribution in [0.4, 0.5) is 5.82 Å². The maximum atomic E-state index is 12.4. The normalized spacial score (nSPS) is 16.7. The van der Waals surface area contributed by atoms with Gasteiger partial charge in [-0.25, -0.2) is 13.4 Å². The first kappa shape index (κ1) is 19.6. The van der Waals surface area contributed by atoms with E-state index in [-0.39, 0.29) is 29.0 Å². The molecule has 31 heavy (non-hydrogen) atoms. The molecule has 0 unspecified atom stereocenters. The van der Waals surface area contributed by atoms with Crippen molar-refractivity contribution in [2.75, 3.05) is 17.2 Å². The zero-order valence-corrected chi connectivity index (χ0v) is 17.8.